The summed E-state index contributed by atoms with van der Waals surface area (Å²) >= 11 is 5.53. The molecule has 6 heteroatoms. The summed E-state index contributed by atoms with van der Waals surface area (Å²) < 4.78 is 29.8. The third-order valence-corrected chi connectivity index (χ3v) is 4.97. The van der Waals surface area contributed by atoms with Crippen molar-refractivity contribution >= 4 is 21.6 Å². The van der Waals surface area contributed by atoms with Crippen molar-refractivity contribution in [2.24, 2.45) is 0 Å². The molecule has 0 radical (unpaired) electrons. The molecule has 0 bridgehead atoms. The van der Waals surface area contributed by atoms with E-state index >= 15 is 0 Å². The summed E-state index contributed by atoms with van der Waals surface area (Å²) in [4.78, 5) is 0. The Morgan fingerprint density at radius 1 is 1.50 bits per heavy atom. The lowest BCUT2D eigenvalue weighted by molar-refractivity contribution is 0.180. The topological polar surface area (TPSA) is 46.6 Å². The summed E-state index contributed by atoms with van der Waals surface area (Å²) in [6.45, 7) is 4.65. The van der Waals surface area contributed by atoms with Crippen LogP contribution in [-0.2, 0) is 14.8 Å². The number of sulfonamides is 1. The van der Waals surface area contributed by atoms with Crippen LogP contribution in [0.2, 0.25) is 0 Å². The highest BCUT2D eigenvalue weighted by atomic mass is 35.5. The minimum atomic E-state index is -3.25. The summed E-state index contributed by atoms with van der Waals surface area (Å²) in [5.74, 6) is 0.117. The maximum atomic E-state index is 11.8. The first kappa shape index (κ1) is 14.2. The molecule has 0 aliphatic carbocycles. The van der Waals surface area contributed by atoms with Crippen LogP contribution in [0, 0.1) is 0 Å². The molecule has 14 heavy (non-hydrogen) atoms. The summed E-state index contributed by atoms with van der Waals surface area (Å²) in [5.41, 5.74) is 0. The molecule has 0 N–H and O–H groups in total. The number of likely N-dealkylation sites (N-methyl/N-ethyl adjacent to an activating group) is 1. The minimum Gasteiger partial charge on any atom is -0.383 e. The lowest BCUT2D eigenvalue weighted by atomic mass is 10.6. The highest BCUT2D eigenvalue weighted by molar-refractivity contribution is 7.89. The van der Waals surface area contributed by atoms with Crippen LogP contribution < -0.4 is 0 Å². The molecule has 4 nitrogen and oxygen atoms in total. The van der Waals surface area contributed by atoms with Gasteiger partial charge in [-0.25, -0.2) is 8.42 Å². The SMILES string of the molecule is CCN(CCOC)S(=O)(=O)C(C)CCl. The molecule has 0 heterocycles. The van der Waals surface area contributed by atoms with E-state index in [4.69, 9.17) is 16.3 Å². The number of alkyl halides is 1. The van der Waals surface area contributed by atoms with Gasteiger partial charge >= 0.3 is 0 Å². The number of hydrogen-bond acceptors (Lipinski definition) is 3. The van der Waals surface area contributed by atoms with Crippen molar-refractivity contribution in [1.82, 2.24) is 4.31 Å². The first-order valence-electron chi connectivity index (χ1n) is 4.54. The predicted octanol–water partition coefficient (Wildman–Crippen LogP) is 0.912. The van der Waals surface area contributed by atoms with Crippen molar-refractivity contribution in [2.45, 2.75) is 19.1 Å². The molecular formula is C8H18ClNO3S. The van der Waals surface area contributed by atoms with Gasteiger partial charge in [-0.3, -0.25) is 0 Å². The van der Waals surface area contributed by atoms with Crippen molar-refractivity contribution in [2.75, 3.05) is 32.7 Å². The fourth-order valence-corrected chi connectivity index (χ4v) is 2.83. The van der Waals surface area contributed by atoms with E-state index < -0.39 is 15.3 Å². The predicted molar refractivity (Wildman–Crippen MR) is 58.2 cm³/mol. The third-order valence-electron chi connectivity index (χ3n) is 1.98. The maximum Gasteiger partial charge on any atom is 0.217 e. The van der Waals surface area contributed by atoms with E-state index in [0.29, 0.717) is 19.7 Å². The highest BCUT2D eigenvalue weighted by Gasteiger charge is 2.26. The zero-order valence-corrected chi connectivity index (χ0v) is 10.4. The Labute approximate surface area is 91.2 Å². The van der Waals surface area contributed by atoms with Gasteiger partial charge in [0.25, 0.3) is 0 Å². The summed E-state index contributed by atoms with van der Waals surface area (Å²) in [5, 5.41) is -0.541. The van der Waals surface area contributed by atoms with Crippen molar-refractivity contribution in [3.8, 4) is 0 Å². The maximum absolute atomic E-state index is 11.8. The van der Waals surface area contributed by atoms with E-state index in [2.05, 4.69) is 0 Å². The largest absolute Gasteiger partial charge is 0.383 e. The van der Waals surface area contributed by atoms with Gasteiger partial charge in [0, 0.05) is 26.1 Å². The van der Waals surface area contributed by atoms with E-state index in [1.807, 2.05) is 0 Å². The van der Waals surface area contributed by atoms with Crippen molar-refractivity contribution < 1.29 is 13.2 Å². The van der Waals surface area contributed by atoms with Crippen molar-refractivity contribution in [1.29, 1.82) is 0 Å². The molecule has 0 aliphatic rings. The second kappa shape index (κ2) is 6.61. The quantitative estimate of drug-likeness (QED) is 0.625. The number of hydrogen-bond donors (Lipinski definition) is 0. The highest BCUT2D eigenvalue weighted by Crippen LogP contribution is 2.09. The third kappa shape index (κ3) is 3.73. The van der Waals surface area contributed by atoms with Gasteiger partial charge in [-0.1, -0.05) is 6.92 Å². The summed E-state index contributed by atoms with van der Waals surface area (Å²) in [6.07, 6.45) is 0. The molecule has 0 rings (SSSR count). The van der Waals surface area contributed by atoms with Gasteiger partial charge in [-0.2, -0.15) is 4.31 Å². The molecule has 0 fully saturated rings. The molecule has 0 aromatic rings. The lowest BCUT2D eigenvalue weighted by Crippen LogP contribution is -2.40. The number of halogens is 1. The second-order valence-corrected chi connectivity index (χ2v) is 5.65. The minimum absolute atomic E-state index is 0.117. The average molecular weight is 244 g/mol. The van der Waals surface area contributed by atoms with E-state index in [0.717, 1.165) is 0 Å². The molecule has 0 saturated heterocycles. The van der Waals surface area contributed by atoms with Crippen LogP contribution in [0.1, 0.15) is 13.8 Å². The fourth-order valence-electron chi connectivity index (χ4n) is 0.992. The van der Waals surface area contributed by atoms with Crippen LogP contribution in [0.25, 0.3) is 0 Å². The number of nitrogens with zero attached hydrogens (tertiary/aromatic N) is 1. The molecule has 1 unspecified atom stereocenters. The van der Waals surface area contributed by atoms with Gasteiger partial charge in [0.05, 0.1) is 11.9 Å². The smallest absolute Gasteiger partial charge is 0.217 e. The molecule has 0 saturated carbocycles. The Morgan fingerprint density at radius 2 is 2.07 bits per heavy atom. The van der Waals surface area contributed by atoms with E-state index in [-0.39, 0.29) is 5.88 Å². The Hall–Kier alpha value is 0.160. The number of methoxy groups -OCH3 is 1. The van der Waals surface area contributed by atoms with Gasteiger partial charge in [0.15, 0.2) is 0 Å². The Morgan fingerprint density at radius 3 is 2.43 bits per heavy atom. The summed E-state index contributed by atoms with van der Waals surface area (Å²) in [7, 11) is -1.70. The Balaban J connectivity index is 4.49. The number of ether oxygens (including phenoxy) is 1. The van der Waals surface area contributed by atoms with E-state index in [9.17, 15) is 8.42 Å². The zero-order valence-electron chi connectivity index (χ0n) is 8.86. The molecule has 1 atom stereocenters. The average Bonchev–Trinajstić information content (AvgIpc) is 2.17. The van der Waals surface area contributed by atoms with Crippen LogP contribution in [-0.4, -0.2) is 50.7 Å². The van der Waals surface area contributed by atoms with Gasteiger partial charge in [-0.15, -0.1) is 11.6 Å². The van der Waals surface area contributed by atoms with Gasteiger partial charge < -0.3 is 4.74 Å². The normalized spacial score (nSPS) is 14.6. The summed E-state index contributed by atoms with van der Waals surface area (Å²) in [6, 6.07) is 0. The molecule has 0 amide bonds. The van der Waals surface area contributed by atoms with Crippen LogP contribution in [0.4, 0.5) is 0 Å². The first-order chi connectivity index (χ1) is 6.50. The van der Waals surface area contributed by atoms with Crippen LogP contribution in [0.3, 0.4) is 0 Å². The van der Waals surface area contributed by atoms with E-state index in [1.165, 1.54) is 4.31 Å². The molecular weight excluding hydrogens is 226 g/mol. The molecule has 0 aromatic carbocycles. The van der Waals surface area contributed by atoms with Gasteiger partial charge in [0.2, 0.25) is 10.0 Å². The van der Waals surface area contributed by atoms with Gasteiger partial charge in [-0.05, 0) is 6.92 Å². The monoisotopic (exact) mass is 243 g/mol. The fraction of sp³-hybridized carbons (Fsp3) is 1.00. The standard InChI is InChI=1S/C8H18ClNO3S/c1-4-10(5-6-13-3)14(11,12)8(2)7-9/h8H,4-7H2,1-3H3. The first-order valence-corrected chi connectivity index (χ1v) is 6.58. The Bertz CT molecular complexity index is 243. The number of rotatable bonds is 7. The van der Waals surface area contributed by atoms with Crippen LogP contribution >= 0.6 is 11.6 Å². The lowest BCUT2D eigenvalue weighted by Gasteiger charge is -2.23. The van der Waals surface area contributed by atoms with Crippen LogP contribution in [0.5, 0.6) is 0 Å². The molecule has 0 aliphatic heterocycles. The van der Waals surface area contributed by atoms with E-state index in [1.54, 1.807) is 21.0 Å². The molecule has 86 valence electrons. The molecule has 0 spiro atoms. The van der Waals surface area contributed by atoms with Crippen LogP contribution in [0.15, 0.2) is 0 Å². The Kier molecular flexibility index (Phi) is 6.68. The molecule has 0 aromatic heterocycles. The van der Waals surface area contributed by atoms with Gasteiger partial charge in [0.1, 0.15) is 0 Å². The van der Waals surface area contributed by atoms with Crippen molar-refractivity contribution in [3.05, 3.63) is 0 Å². The second-order valence-electron chi connectivity index (χ2n) is 2.99. The van der Waals surface area contributed by atoms with Crippen molar-refractivity contribution in [3.63, 3.8) is 0 Å². The zero-order chi connectivity index (χ0) is 11.2.